The fourth-order valence-electron chi connectivity index (χ4n) is 4.92. The molecule has 1 aliphatic carbocycles. The lowest BCUT2D eigenvalue weighted by Gasteiger charge is -2.32. The summed E-state index contributed by atoms with van der Waals surface area (Å²) in [5.74, 6) is 0.497. The standard InChI is InChI=1S/C25H24ClN3O3/c1-15-22-24(28-32-15)23-19(26)11-6-12-20(23)29(25(22)31)18-10-5-9-17(14-18)27-21(30)13-16-7-3-2-4-8-16/h2-4,6-8,11-12,17-18H,5,9-10,13-14H2,1H3,(H,27,30)/t17-,18+/m1/s1. The second-order valence-corrected chi connectivity index (χ2v) is 8.93. The zero-order valence-corrected chi connectivity index (χ0v) is 18.6. The minimum atomic E-state index is -0.116. The van der Waals surface area contributed by atoms with E-state index in [1.807, 2.05) is 47.0 Å². The van der Waals surface area contributed by atoms with Gasteiger partial charge in [-0.05, 0) is 50.3 Å². The van der Waals surface area contributed by atoms with Crippen molar-refractivity contribution in [1.82, 2.24) is 15.0 Å². The van der Waals surface area contributed by atoms with Crippen LogP contribution in [0.3, 0.4) is 0 Å². The number of carbonyl (C=O) groups excluding carboxylic acids is 1. The fourth-order valence-corrected chi connectivity index (χ4v) is 5.18. The van der Waals surface area contributed by atoms with E-state index in [-0.39, 0.29) is 23.6 Å². The Morgan fingerprint density at radius 3 is 2.78 bits per heavy atom. The molecule has 1 aliphatic rings. The molecule has 164 valence electrons. The van der Waals surface area contributed by atoms with E-state index in [9.17, 15) is 9.59 Å². The molecule has 32 heavy (non-hydrogen) atoms. The van der Waals surface area contributed by atoms with Crippen LogP contribution in [0.1, 0.15) is 43.0 Å². The van der Waals surface area contributed by atoms with Gasteiger partial charge < -0.3 is 14.4 Å². The zero-order chi connectivity index (χ0) is 22.2. The summed E-state index contributed by atoms with van der Waals surface area (Å²) in [6.07, 6.45) is 3.74. The Morgan fingerprint density at radius 1 is 1.16 bits per heavy atom. The van der Waals surface area contributed by atoms with E-state index >= 15 is 0 Å². The first-order valence-electron chi connectivity index (χ1n) is 10.9. The van der Waals surface area contributed by atoms with Crippen LogP contribution in [0.4, 0.5) is 0 Å². The van der Waals surface area contributed by atoms with Crippen molar-refractivity contribution in [2.24, 2.45) is 0 Å². The maximum atomic E-state index is 13.5. The van der Waals surface area contributed by atoms with Gasteiger partial charge >= 0.3 is 0 Å². The molecule has 4 aromatic rings. The lowest BCUT2D eigenvalue weighted by molar-refractivity contribution is -0.121. The number of carbonyl (C=O) groups is 1. The first-order valence-corrected chi connectivity index (χ1v) is 11.3. The molecular weight excluding hydrogens is 426 g/mol. The van der Waals surface area contributed by atoms with Gasteiger partial charge in [-0.2, -0.15) is 0 Å². The SMILES string of the molecule is Cc1onc2c1c(=O)n([C@H]1CCC[C@@H](NC(=O)Cc3ccccc3)C1)c1cccc(Cl)c21. The summed E-state index contributed by atoms with van der Waals surface area (Å²) >= 11 is 6.53. The fraction of sp³-hybridized carbons (Fsp3) is 0.320. The van der Waals surface area contributed by atoms with Gasteiger partial charge in [-0.25, -0.2) is 0 Å². The van der Waals surface area contributed by atoms with Gasteiger partial charge in [0.2, 0.25) is 5.91 Å². The number of nitrogens with zero attached hydrogens (tertiary/aromatic N) is 2. The van der Waals surface area contributed by atoms with E-state index in [1.165, 1.54) is 0 Å². The summed E-state index contributed by atoms with van der Waals surface area (Å²) in [5, 5.41) is 9.04. The molecule has 2 atom stereocenters. The predicted molar refractivity (Wildman–Crippen MR) is 125 cm³/mol. The minimum absolute atomic E-state index is 0.00688. The van der Waals surface area contributed by atoms with Gasteiger partial charge in [0.05, 0.1) is 17.0 Å². The molecule has 2 heterocycles. The Bertz CT molecular complexity index is 1360. The molecule has 2 aromatic heterocycles. The maximum Gasteiger partial charge on any atom is 0.264 e. The number of benzene rings is 2. The molecule has 0 spiro atoms. The highest BCUT2D eigenvalue weighted by molar-refractivity contribution is 6.37. The number of pyridine rings is 1. The number of nitrogens with one attached hydrogen (secondary N) is 1. The molecule has 0 bridgehead atoms. The smallest absolute Gasteiger partial charge is 0.264 e. The molecule has 6 nitrogen and oxygen atoms in total. The Labute approximate surface area is 190 Å². The van der Waals surface area contributed by atoms with Crippen molar-refractivity contribution < 1.29 is 9.32 Å². The van der Waals surface area contributed by atoms with Crippen molar-refractivity contribution in [3.05, 3.63) is 75.2 Å². The number of hydrogen-bond donors (Lipinski definition) is 1. The third-order valence-electron chi connectivity index (χ3n) is 6.37. The number of hydrogen-bond acceptors (Lipinski definition) is 4. The molecule has 1 amide bonds. The van der Waals surface area contributed by atoms with Crippen LogP contribution in [0.25, 0.3) is 21.8 Å². The Hall–Kier alpha value is -3.12. The van der Waals surface area contributed by atoms with Crippen LogP contribution in [0.15, 0.2) is 57.8 Å². The van der Waals surface area contributed by atoms with Gasteiger partial charge in [0.25, 0.3) is 5.56 Å². The van der Waals surface area contributed by atoms with Gasteiger partial charge in [-0.15, -0.1) is 0 Å². The molecular formula is C25H24ClN3O3. The lowest BCUT2D eigenvalue weighted by Crippen LogP contribution is -2.41. The first-order chi connectivity index (χ1) is 15.5. The molecule has 5 rings (SSSR count). The maximum absolute atomic E-state index is 13.5. The highest BCUT2D eigenvalue weighted by atomic mass is 35.5. The number of rotatable bonds is 4. The van der Waals surface area contributed by atoms with E-state index in [2.05, 4.69) is 10.5 Å². The Balaban J connectivity index is 1.48. The molecule has 0 aliphatic heterocycles. The van der Waals surface area contributed by atoms with Crippen LogP contribution in [-0.2, 0) is 11.2 Å². The molecule has 0 radical (unpaired) electrons. The highest BCUT2D eigenvalue weighted by Gasteiger charge is 2.28. The van der Waals surface area contributed by atoms with E-state index < -0.39 is 0 Å². The lowest BCUT2D eigenvalue weighted by atomic mass is 9.90. The van der Waals surface area contributed by atoms with Crippen LogP contribution in [0.5, 0.6) is 0 Å². The molecule has 1 saturated carbocycles. The quantitative estimate of drug-likeness (QED) is 0.478. The predicted octanol–water partition coefficient (Wildman–Crippen LogP) is 4.95. The van der Waals surface area contributed by atoms with Crippen molar-refractivity contribution in [3.8, 4) is 0 Å². The van der Waals surface area contributed by atoms with Crippen molar-refractivity contribution >= 4 is 39.3 Å². The van der Waals surface area contributed by atoms with E-state index in [0.29, 0.717) is 34.5 Å². The molecule has 1 N–H and O–H groups in total. The second kappa shape index (κ2) is 8.43. The molecule has 2 aromatic carbocycles. The van der Waals surface area contributed by atoms with Crippen LogP contribution in [-0.4, -0.2) is 21.7 Å². The zero-order valence-electron chi connectivity index (χ0n) is 17.8. The average Bonchev–Trinajstić information content (AvgIpc) is 3.16. The first kappa shape index (κ1) is 20.8. The van der Waals surface area contributed by atoms with Crippen molar-refractivity contribution in [2.75, 3.05) is 0 Å². The summed E-state index contributed by atoms with van der Waals surface area (Å²) in [5.41, 5.74) is 2.13. The Morgan fingerprint density at radius 2 is 1.97 bits per heavy atom. The summed E-state index contributed by atoms with van der Waals surface area (Å²) < 4.78 is 7.19. The molecule has 0 unspecified atom stereocenters. The van der Waals surface area contributed by atoms with Crippen LogP contribution in [0.2, 0.25) is 5.02 Å². The van der Waals surface area contributed by atoms with E-state index in [4.69, 9.17) is 16.1 Å². The monoisotopic (exact) mass is 449 g/mol. The summed E-state index contributed by atoms with van der Waals surface area (Å²) in [7, 11) is 0. The number of fused-ring (bicyclic) bond motifs is 3. The van der Waals surface area contributed by atoms with Gasteiger partial charge in [-0.3, -0.25) is 9.59 Å². The molecule has 7 heteroatoms. The van der Waals surface area contributed by atoms with Crippen molar-refractivity contribution in [1.29, 1.82) is 0 Å². The van der Waals surface area contributed by atoms with Gasteiger partial charge in [0, 0.05) is 17.5 Å². The molecule has 1 fully saturated rings. The Kier molecular flexibility index (Phi) is 5.47. The number of halogens is 1. The largest absolute Gasteiger partial charge is 0.360 e. The van der Waals surface area contributed by atoms with E-state index in [1.54, 1.807) is 13.0 Å². The normalized spacial score (nSPS) is 18.8. The second-order valence-electron chi connectivity index (χ2n) is 8.52. The van der Waals surface area contributed by atoms with Gasteiger partial charge in [0.1, 0.15) is 16.7 Å². The molecule has 0 saturated heterocycles. The number of amides is 1. The third-order valence-corrected chi connectivity index (χ3v) is 6.68. The van der Waals surface area contributed by atoms with Crippen LogP contribution < -0.4 is 10.9 Å². The summed E-state index contributed by atoms with van der Waals surface area (Å²) in [4.78, 5) is 26.2. The van der Waals surface area contributed by atoms with Crippen molar-refractivity contribution in [2.45, 2.75) is 51.1 Å². The van der Waals surface area contributed by atoms with Gasteiger partial charge in [-0.1, -0.05) is 53.2 Å². The number of aryl methyl sites for hydroxylation is 1. The summed E-state index contributed by atoms with van der Waals surface area (Å²) in [6.45, 7) is 1.75. The van der Waals surface area contributed by atoms with Crippen LogP contribution in [0, 0.1) is 6.92 Å². The van der Waals surface area contributed by atoms with Gasteiger partial charge in [0.15, 0.2) is 0 Å². The minimum Gasteiger partial charge on any atom is -0.360 e. The summed E-state index contributed by atoms with van der Waals surface area (Å²) in [6, 6.07) is 15.2. The highest BCUT2D eigenvalue weighted by Crippen LogP contribution is 2.35. The van der Waals surface area contributed by atoms with Crippen LogP contribution >= 0.6 is 11.6 Å². The number of aromatic nitrogens is 2. The topological polar surface area (TPSA) is 77.1 Å². The van der Waals surface area contributed by atoms with Crippen molar-refractivity contribution in [3.63, 3.8) is 0 Å². The van der Waals surface area contributed by atoms with E-state index in [0.717, 1.165) is 35.7 Å². The average molecular weight is 450 g/mol. The third kappa shape index (κ3) is 3.69.